The molecular weight excluding hydrogens is 1250 g/mol. The molecule has 10 rings (SSSR count). The fourth-order valence-corrected chi connectivity index (χ4v) is 11.5. The van der Waals surface area contributed by atoms with Crippen molar-refractivity contribution in [2.24, 2.45) is 32.5 Å². The highest BCUT2D eigenvalue weighted by atomic mass is 32.2. The van der Waals surface area contributed by atoms with E-state index in [4.69, 9.17) is 27.6 Å². The molecule has 542 valence electrons. The molecule has 5 aromatic rings. The van der Waals surface area contributed by atoms with Crippen LogP contribution in [-0.4, -0.2) is 48.7 Å². The summed E-state index contributed by atoms with van der Waals surface area (Å²) in [5, 5.41) is 24.1. The number of thioether (sulfide) groups is 2. The Labute approximate surface area is 594 Å². The van der Waals surface area contributed by atoms with E-state index in [1.807, 2.05) is 52.1 Å². The summed E-state index contributed by atoms with van der Waals surface area (Å²) in [5.74, 6) is 5.39. The zero-order chi connectivity index (χ0) is 73.7. The fraction of sp³-hybridized carbons (Fsp3) is 0.625. The molecule has 97 heavy (non-hydrogen) atoms. The first kappa shape index (κ1) is 85.2. The van der Waals surface area contributed by atoms with Crippen molar-refractivity contribution in [3.05, 3.63) is 151 Å². The summed E-state index contributed by atoms with van der Waals surface area (Å²) in [4.78, 5) is 26.6. The Kier molecular flexibility index (Phi) is 32.4. The van der Waals surface area contributed by atoms with E-state index in [9.17, 15) is 9.59 Å². The van der Waals surface area contributed by atoms with Gasteiger partial charge in [-0.25, -0.2) is 0 Å². The summed E-state index contributed by atoms with van der Waals surface area (Å²) in [6.45, 7) is 70.4. The van der Waals surface area contributed by atoms with Gasteiger partial charge in [0.25, 0.3) is 0 Å². The van der Waals surface area contributed by atoms with Crippen LogP contribution in [0, 0.1) is 60.2 Å². The number of esters is 1. The number of aryl methyl sites for hydroxylation is 5. The molecule has 5 aliphatic rings. The number of ether oxygens (including phenoxy) is 2. The van der Waals surface area contributed by atoms with Crippen LogP contribution in [0.15, 0.2) is 118 Å². The molecule has 2 N–H and O–H groups in total. The van der Waals surface area contributed by atoms with Crippen molar-refractivity contribution in [2.45, 2.75) is 288 Å². The van der Waals surface area contributed by atoms with Crippen molar-refractivity contribution in [3.63, 3.8) is 0 Å². The third-order valence-corrected chi connectivity index (χ3v) is 17.0. The van der Waals surface area contributed by atoms with E-state index in [0.29, 0.717) is 45.5 Å². The van der Waals surface area contributed by atoms with Crippen LogP contribution in [0.1, 0.15) is 275 Å². The van der Waals surface area contributed by atoms with E-state index in [1.54, 1.807) is 11.8 Å². The van der Waals surface area contributed by atoms with Crippen LogP contribution in [0.5, 0.6) is 0 Å². The Morgan fingerprint density at radius 3 is 1.54 bits per heavy atom. The van der Waals surface area contributed by atoms with Crippen LogP contribution in [0.4, 0.5) is 0 Å². The van der Waals surface area contributed by atoms with Gasteiger partial charge in [0, 0.05) is 84.6 Å². The highest BCUT2D eigenvalue weighted by Gasteiger charge is 2.30. The van der Waals surface area contributed by atoms with Crippen LogP contribution < -0.4 is 10.6 Å². The van der Waals surface area contributed by atoms with E-state index < -0.39 is 0 Å². The van der Waals surface area contributed by atoms with E-state index >= 15 is 0 Å². The first-order valence-electron chi connectivity index (χ1n) is 34.6. The van der Waals surface area contributed by atoms with Gasteiger partial charge in [0.05, 0.1) is 40.8 Å². The summed E-state index contributed by atoms with van der Waals surface area (Å²) in [7, 11) is 0. The molecule has 0 spiro atoms. The van der Waals surface area contributed by atoms with E-state index in [0.717, 1.165) is 132 Å². The Hall–Kier alpha value is -6.04. The summed E-state index contributed by atoms with van der Waals surface area (Å²) in [6.07, 6.45) is 19.5. The second kappa shape index (κ2) is 36.9. The fourth-order valence-electron chi connectivity index (χ4n) is 9.65. The van der Waals surface area contributed by atoms with Gasteiger partial charge >= 0.3 is 5.97 Å². The standard InChI is InChI=1S/C12H15NO.C11H18N2O.2C10H17NO.C10H17NS.C9H15NO.C9H14O2.C9H14OS/c1-8-10-6-5-9(12(2,3)4)7-11(10)14-13-8;1-8-9-5-6-13(11(2,3)4)7-10(9)14-12-8;1-8-11-7-9(12-8)5-6-10(2,3)4;1-8-7-9(12-11-8)5-6-10(2,3)4;1-8-11-7-9(12-8)5-6-10(2,3)4;1-7-5-8(11-10-7)6-9(2,3)4;2*1-9(2,3)6-7-4-5-8(10)11-7/h5-7H,1-4H3;5-7H2,1-4H3;7,11H,1,5-6H2,2-4H3;7H,5-6H2,1-4H3;7,11H,1,5-6H2,2-4H3;5H,6H2,1-4H3;2*4H,5-6H2,1-3H3. The minimum absolute atomic E-state index is 0.121. The molecule has 0 saturated heterocycles. The van der Waals surface area contributed by atoms with Crippen molar-refractivity contribution >= 4 is 45.6 Å². The summed E-state index contributed by atoms with van der Waals surface area (Å²) in [5.41, 5.74) is 9.80. The maximum atomic E-state index is 10.9. The molecule has 0 radical (unpaired) electrons. The summed E-state index contributed by atoms with van der Waals surface area (Å²) in [6, 6.07) is 10.3. The molecular formula is C80H127N7O8S2. The second-order valence-electron chi connectivity index (χ2n) is 35.3. The number of hydrogen-bond acceptors (Lipinski definition) is 17. The van der Waals surface area contributed by atoms with Gasteiger partial charge in [-0.2, -0.15) is 0 Å². The average molecular weight is 1380 g/mol. The normalized spacial score (nSPS) is 15.7. The molecule has 5 aliphatic heterocycles. The number of fused-ring (bicyclic) bond motifs is 2. The number of carbonyl (C=O) groups excluding carboxylic acids is 2. The van der Waals surface area contributed by atoms with Crippen molar-refractivity contribution in [1.82, 2.24) is 36.2 Å². The van der Waals surface area contributed by atoms with Gasteiger partial charge in [-0.15, -0.1) is 0 Å². The van der Waals surface area contributed by atoms with Crippen LogP contribution in [0.3, 0.4) is 0 Å². The maximum Gasteiger partial charge on any atom is 0.314 e. The van der Waals surface area contributed by atoms with Gasteiger partial charge < -0.3 is 38.2 Å². The molecule has 0 aliphatic carbocycles. The van der Waals surface area contributed by atoms with E-state index in [-0.39, 0.29) is 27.8 Å². The maximum absolute atomic E-state index is 10.9. The zero-order valence-electron chi connectivity index (χ0n) is 65.3. The van der Waals surface area contributed by atoms with Crippen LogP contribution in [-0.2, 0) is 50.3 Å². The Balaban J connectivity index is 0.000000289. The smallest absolute Gasteiger partial charge is 0.314 e. The largest absolute Gasteiger partial charge is 0.445 e. The lowest BCUT2D eigenvalue weighted by molar-refractivity contribution is -0.136. The predicted octanol–water partition coefficient (Wildman–Crippen LogP) is 22.5. The number of benzene rings is 1. The monoisotopic (exact) mass is 1380 g/mol. The number of rotatable bonds is 9. The van der Waals surface area contributed by atoms with E-state index in [1.165, 1.54) is 45.5 Å². The average Bonchev–Trinajstić information content (AvgIpc) is 1.79. The molecule has 9 heterocycles. The molecule has 0 atom stereocenters. The zero-order valence-corrected chi connectivity index (χ0v) is 67.0. The number of cyclic esters (lactones) is 1. The quantitative estimate of drug-likeness (QED) is 0.133. The van der Waals surface area contributed by atoms with Crippen LogP contribution in [0.2, 0.25) is 0 Å². The van der Waals surface area contributed by atoms with E-state index in [2.05, 4.69) is 246 Å². The molecule has 15 nitrogen and oxygen atoms in total. The number of nitrogens with zero attached hydrogens (tertiary/aromatic N) is 5. The SMILES string of the molecule is C=C1NC=C(CCC(C)(C)C)O1.C=C1NC=C(CCC(C)(C)C)S1.CC(C)(C)CC1=CCC(=O)O1.CC(C)(C)CC1=CCC(=O)S1.Cc1cc(CC(C)(C)C)on1.Cc1cc(CCC(C)(C)C)on1.Cc1noc2c1CCN(C(C)(C)C)C2.Cc1noc2cc(C(C)(C)C)ccc12. The van der Waals surface area contributed by atoms with Crippen molar-refractivity contribution in [2.75, 3.05) is 6.54 Å². The van der Waals surface area contributed by atoms with Gasteiger partial charge in [0.2, 0.25) is 0 Å². The van der Waals surface area contributed by atoms with Gasteiger partial charge in [0.1, 0.15) is 23.0 Å². The molecule has 0 amide bonds. The Bertz CT molecular complexity index is 3340. The van der Waals surface area contributed by atoms with Crippen molar-refractivity contribution in [3.8, 4) is 0 Å². The minimum Gasteiger partial charge on any atom is -0.445 e. The lowest BCUT2D eigenvalue weighted by Crippen LogP contribution is -2.44. The summed E-state index contributed by atoms with van der Waals surface area (Å²) >= 11 is 3.18. The number of nitrogens with one attached hydrogen (secondary N) is 2. The molecule has 0 fully saturated rings. The Morgan fingerprint density at radius 2 is 1.08 bits per heavy atom. The second-order valence-corrected chi connectivity index (χ2v) is 37.7. The van der Waals surface area contributed by atoms with Crippen LogP contribution in [0.25, 0.3) is 11.0 Å². The highest BCUT2D eigenvalue weighted by molar-refractivity contribution is 8.17. The number of aromatic nitrogens is 4. The predicted molar refractivity (Wildman–Crippen MR) is 405 cm³/mol. The topological polar surface area (TPSA) is 184 Å². The lowest BCUT2D eigenvalue weighted by Gasteiger charge is -2.37. The molecule has 17 heteroatoms. The molecule has 0 bridgehead atoms. The molecule has 4 aromatic heterocycles. The molecule has 0 unspecified atom stereocenters. The highest BCUT2D eigenvalue weighted by Crippen LogP contribution is 2.37. The minimum atomic E-state index is -0.121. The first-order chi connectivity index (χ1) is 44.3. The van der Waals surface area contributed by atoms with Crippen molar-refractivity contribution in [1.29, 1.82) is 0 Å². The van der Waals surface area contributed by atoms with Crippen LogP contribution >= 0.6 is 23.5 Å². The van der Waals surface area contributed by atoms with Gasteiger partial charge in [-0.05, 0) is 160 Å². The lowest BCUT2D eigenvalue weighted by atomic mass is 9.87. The molecule has 0 saturated carbocycles. The Morgan fingerprint density at radius 1 is 0.526 bits per heavy atom. The molecule has 1 aromatic carbocycles. The third-order valence-electron chi connectivity index (χ3n) is 15.1. The number of carbonyl (C=O) groups is 2. The number of allylic oxidation sites excluding steroid dienone is 5. The first-order valence-corrected chi connectivity index (χ1v) is 36.3. The third kappa shape index (κ3) is 37.1. The van der Waals surface area contributed by atoms with Crippen molar-refractivity contribution < 1.29 is 37.2 Å². The van der Waals surface area contributed by atoms with Gasteiger partial charge in [-0.1, -0.05) is 208 Å². The van der Waals surface area contributed by atoms with Gasteiger partial charge in [0.15, 0.2) is 22.3 Å². The summed E-state index contributed by atoms with van der Waals surface area (Å²) < 4.78 is 31.0. The van der Waals surface area contributed by atoms with Gasteiger partial charge in [-0.3, -0.25) is 14.5 Å². The number of hydrogen-bond donors (Lipinski definition) is 2.